The van der Waals surface area contributed by atoms with Gasteiger partial charge in [0.2, 0.25) is 0 Å². The molecular weight excluding hydrogens is 275 g/mol. The molecule has 0 bridgehead atoms. The van der Waals surface area contributed by atoms with Crippen molar-refractivity contribution in [2.45, 2.75) is 13.5 Å². The molecular formula is C10H10BrFN4. The zero-order valence-electron chi connectivity index (χ0n) is 8.61. The lowest BCUT2D eigenvalue weighted by atomic mass is 10.2. The van der Waals surface area contributed by atoms with E-state index in [1.807, 2.05) is 6.92 Å². The lowest BCUT2D eigenvalue weighted by Crippen LogP contribution is -1.99. The molecule has 2 N–H and O–H groups in total. The van der Waals surface area contributed by atoms with E-state index in [1.54, 1.807) is 16.9 Å². The van der Waals surface area contributed by atoms with Crippen molar-refractivity contribution in [1.29, 1.82) is 0 Å². The minimum Gasteiger partial charge on any atom is -0.325 e. The highest BCUT2D eigenvalue weighted by atomic mass is 79.9. The summed E-state index contributed by atoms with van der Waals surface area (Å²) in [6, 6.07) is 3.11. The number of rotatable bonds is 2. The number of aromatic nitrogens is 3. The van der Waals surface area contributed by atoms with Crippen molar-refractivity contribution < 1.29 is 4.39 Å². The zero-order valence-corrected chi connectivity index (χ0v) is 10.2. The molecule has 0 radical (unpaired) electrons. The van der Waals surface area contributed by atoms with Gasteiger partial charge in [-0.25, -0.2) is 9.07 Å². The smallest absolute Gasteiger partial charge is 0.137 e. The Balaban J connectivity index is 2.51. The highest BCUT2D eigenvalue weighted by Gasteiger charge is 2.08. The molecule has 0 aliphatic carbocycles. The van der Waals surface area contributed by atoms with Crippen molar-refractivity contribution in [1.82, 2.24) is 15.0 Å². The van der Waals surface area contributed by atoms with Crippen molar-refractivity contribution in [3.05, 3.63) is 39.9 Å². The standard InChI is InChI=1S/C10H10BrFN4/c1-6-2-9(12)8(11)3-10(6)16-5-7(4-13)14-15-16/h2-3,5H,4,13H2,1H3. The molecule has 0 atom stereocenters. The van der Waals surface area contributed by atoms with Gasteiger partial charge in [-0.3, -0.25) is 0 Å². The Kier molecular flexibility index (Phi) is 3.02. The number of hydrogen-bond donors (Lipinski definition) is 1. The Labute approximate surface area is 100 Å². The van der Waals surface area contributed by atoms with Crippen LogP contribution in [-0.2, 0) is 6.54 Å². The minimum absolute atomic E-state index is 0.291. The Hall–Kier alpha value is -1.27. The lowest BCUT2D eigenvalue weighted by molar-refractivity contribution is 0.618. The summed E-state index contributed by atoms with van der Waals surface area (Å²) in [4.78, 5) is 0. The first-order valence-electron chi connectivity index (χ1n) is 4.69. The summed E-state index contributed by atoms with van der Waals surface area (Å²) in [5, 5.41) is 7.82. The summed E-state index contributed by atoms with van der Waals surface area (Å²) >= 11 is 3.14. The number of halogens is 2. The van der Waals surface area contributed by atoms with Gasteiger partial charge in [0.05, 0.1) is 22.1 Å². The maximum absolute atomic E-state index is 13.2. The van der Waals surface area contributed by atoms with E-state index in [2.05, 4.69) is 26.2 Å². The second-order valence-corrected chi connectivity index (χ2v) is 4.27. The Morgan fingerprint density at radius 3 is 2.88 bits per heavy atom. The van der Waals surface area contributed by atoms with Crippen LogP contribution in [0.15, 0.2) is 22.8 Å². The molecule has 1 aromatic carbocycles. The Morgan fingerprint density at radius 1 is 1.50 bits per heavy atom. The van der Waals surface area contributed by atoms with Gasteiger partial charge in [0.1, 0.15) is 5.82 Å². The fourth-order valence-corrected chi connectivity index (χ4v) is 1.72. The summed E-state index contributed by atoms with van der Waals surface area (Å²) in [5.41, 5.74) is 7.71. The summed E-state index contributed by atoms with van der Waals surface area (Å²) in [5.74, 6) is -0.291. The monoisotopic (exact) mass is 284 g/mol. The van der Waals surface area contributed by atoms with Gasteiger partial charge >= 0.3 is 0 Å². The summed E-state index contributed by atoms with van der Waals surface area (Å²) < 4.78 is 15.2. The molecule has 0 fully saturated rings. The van der Waals surface area contributed by atoms with Gasteiger partial charge in [-0.15, -0.1) is 5.10 Å². The third kappa shape index (κ3) is 1.98. The average molecular weight is 285 g/mol. The van der Waals surface area contributed by atoms with E-state index in [1.165, 1.54) is 6.07 Å². The van der Waals surface area contributed by atoms with Crippen LogP contribution in [0.1, 0.15) is 11.3 Å². The van der Waals surface area contributed by atoms with Crippen molar-refractivity contribution in [2.75, 3.05) is 0 Å². The van der Waals surface area contributed by atoms with Crippen LogP contribution in [-0.4, -0.2) is 15.0 Å². The van der Waals surface area contributed by atoms with E-state index in [-0.39, 0.29) is 5.82 Å². The van der Waals surface area contributed by atoms with Gasteiger partial charge in [0, 0.05) is 6.54 Å². The molecule has 84 valence electrons. The zero-order chi connectivity index (χ0) is 11.7. The number of benzene rings is 1. The number of aryl methyl sites for hydroxylation is 1. The molecule has 0 aliphatic heterocycles. The van der Waals surface area contributed by atoms with Crippen molar-refractivity contribution in [3.8, 4) is 5.69 Å². The fourth-order valence-electron chi connectivity index (χ4n) is 1.39. The van der Waals surface area contributed by atoms with Crippen LogP contribution >= 0.6 is 15.9 Å². The number of hydrogen-bond acceptors (Lipinski definition) is 3. The molecule has 0 saturated carbocycles. The predicted octanol–water partition coefficient (Wildman–Crippen LogP) is 1.94. The van der Waals surface area contributed by atoms with Gasteiger partial charge in [0.15, 0.2) is 0 Å². The molecule has 2 aromatic rings. The molecule has 16 heavy (non-hydrogen) atoms. The van der Waals surface area contributed by atoms with E-state index in [4.69, 9.17) is 5.73 Å². The van der Waals surface area contributed by atoms with Crippen molar-refractivity contribution >= 4 is 15.9 Å². The molecule has 4 nitrogen and oxygen atoms in total. The molecule has 0 spiro atoms. The van der Waals surface area contributed by atoms with E-state index in [9.17, 15) is 4.39 Å². The molecule has 0 aliphatic rings. The molecule has 2 rings (SSSR count). The third-order valence-corrected chi connectivity index (χ3v) is 2.84. The van der Waals surface area contributed by atoms with Crippen LogP contribution in [0.2, 0.25) is 0 Å². The highest BCUT2D eigenvalue weighted by molar-refractivity contribution is 9.10. The molecule has 1 heterocycles. The van der Waals surface area contributed by atoms with E-state index >= 15 is 0 Å². The number of nitrogens with two attached hydrogens (primary N) is 1. The van der Waals surface area contributed by atoms with Crippen LogP contribution in [0, 0.1) is 12.7 Å². The van der Waals surface area contributed by atoms with Crippen molar-refractivity contribution in [2.24, 2.45) is 5.73 Å². The van der Waals surface area contributed by atoms with Gasteiger partial charge in [-0.1, -0.05) is 5.21 Å². The average Bonchev–Trinajstić information content (AvgIpc) is 2.71. The van der Waals surface area contributed by atoms with Gasteiger partial charge < -0.3 is 5.73 Å². The predicted molar refractivity (Wildman–Crippen MR) is 61.6 cm³/mol. The molecule has 0 saturated heterocycles. The highest BCUT2D eigenvalue weighted by Crippen LogP contribution is 2.22. The summed E-state index contributed by atoms with van der Waals surface area (Å²) in [6.07, 6.45) is 1.73. The summed E-state index contributed by atoms with van der Waals surface area (Å²) in [6.45, 7) is 2.15. The minimum atomic E-state index is -0.291. The van der Waals surface area contributed by atoms with Crippen LogP contribution in [0.5, 0.6) is 0 Å². The van der Waals surface area contributed by atoms with Crippen LogP contribution in [0.4, 0.5) is 4.39 Å². The van der Waals surface area contributed by atoms with Gasteiger partial charge in [-0.05, 0) is 40.5 Å². The fraction of sp³-hybridized carbons (Fsp3) is 0.200. The van der Waals surface area contributed by atoms with E-state index in [0.717, 1.165) is 11.3 Å². The summed E-state index contributed by atoms with van der Waals surface area (Å²) in [7, 11) is 0. The largest absolute Gasteiger partial charge is 0.325 e. The van der Waals surface area contributed by atoms with Crippen LogP contribution in [0.3, 0.4) is 0 Å². The molecule has 0 unspecified atom stereocenters. The van der Waals surface area contributed by atoms with Crippen LogP contribution in [0.25, 0.3) is 5.69 Å². The first-order chi connectivity index (χ1) is 7.61. The van der Waals surface area contributed by atoms with E-state index in [0.29, 0.717) is 16.7 Å². The van der Waals surface area contributed by atoms with Gasteiger partial charge in [-0.2, -0.15) is 0 Å². The second-order valence-electron chi connectivity index (χ2n) is 3.41. The SMILES string of the molecule is Cc1cc(F)c(Br)cc1-n1cc(CN)nn1. The number of nitrogens with zero attached hydrogens (tertiary/aromatic N) is 3. The van der Waals surface area contributed by atoms with Gasteiger partial charge in [0.25, 0.3) is 0 Å². The quantitative estimate of drug-likeness (QED) is 0.917. The maximum atomic E-state index is 13.2. The topological polar surface area (TPSA) is 56.7 Å². The van der Waals surface area contributed by atoms with Crippen molar-refractivity contribution in [3.63, 3.8) is 0 Å². The van der Waals surface area contributed by atoms with E-state index < -0.39 is 0 Å². The Morgan fingerprint density at radius 2 is 2.25 bits per heavy atom. The second kappa shape index (κ2) is 4.31. The molecule has 6 heteroatoms. The third-order valence-electron chi connectivity index (χ3n) is 2.24. The molecule has 1 aromatic heterocycles. The normalized spacial score (nSPS) is 10.8. The molecule has 0 amide bonds. The lowest BCUT2D eigenvalue weighted by Gasteiger charge is -2.06. The maximum Gasteiger partial charge on any atom is 0.137 e. The van der Waals surface area contributed by atoms with Crippen LogP contribution < -0.4 is 5.73 Å². The Bertz CT molecular complexity index is 524. The first kappa shape index (κ1) is 11.2. The first-order valence-corrected chi connectivity index (χ1v) is 5.48.